The molecule has 0 bridgehead atoms. The van der Waals surface area contributed by atoms with E-state index >= 15 is 0 Å². The van der Waals surface area contributed by atoms with Gasteiger partial charge in [-0.2, -0.15) is 0 Å². The predicted molar refractivity (Wildman–Crippen MR) is 66.9 cm³/mol. The second-order valence-corrected chi connectivity index (χ2v) is 3.88. The van der Waals surface area contributed by atoms with Gasteiger partial charge in [-0.3, -0.25) is 0 Å². The van der Waals surface area contributed by atoms with E-state index in [0.29, 0.717) is 0 Å². The van der Waals surface area contributed by atoms with Crippen LogP contribution >= 0.6 is 0 Å². The molecular formula is C12H23N3O. The van der Waals surface area contributed by atoms with E-state index in [1.54, 1.807) is 0 Å². The van der Waals surface area contributed by atoms with Crippen LogP contribution in [-0.2, 0) is 11.3 Å². The summed E-state index contributed by atoms with van der Waals surface area (Å²) in [6, 6.07) is 0. The number of hydrogen-bond donors (Lipinski definition) is 1. The van der Waals surface area contributed by atoms with Crippen LogP contribution in [-0.4, -0.2) is 29.3 Å². The van der Waals surface area contributed by atoms with Crippen LogP contribution in [0, 0.1) is 6.92 Å². The molecule has 0 amide bonds. The van der Waals surface area contributed by atoms with Crippen molar-refractivity contribution in [2.24, 2.45) is 0 Å². The summed E-state index contributed by atoms with van der Waals surface area (Å²) in [4.78, 5) is 4.46. The van der Waals surface area contributed by atoms with Crippen LogP contribution in [0.25, 0.3) is 0 Å². The molecule has 16 heavy (non-hydrogen) atoms. The van der Waals surface area contributed by atoms with Gasteiger partial charge in [0, 0.05) is 25.9 Å². The monoisotopic (exact) mass is 225 g/mol. The summed E-state index contributed by atoms with van der Waals surface area (Å²) in [6.07, 6.45) is 4.49. The van der Waals surface area contributed by atoms with Gasteiger partial charge in [0.25, 0.3) is 0 Å². The molecule has 1 N–H and O–H groups in total. The average molecular weight is 225 g/mol. The molecular weight excluding hydrogens is 202 g/mol. The first-order valence-electron chi connectivity index (χ1n) is 6.13. The zero-order chi connectivity index (χ0) is 11.8. The maximum Gasteiger partial charge on any atom is 0.203 e. The van der Waals surface area contributed by atoms with Crippen molar-refractivity contribution in [3.8, 4) is 0 Å². The summed E-state index contributed by atoms with van der Waals surface area (Å²) < 4.78 is 7.47. The van der Waals surface area contributed by atoms with Crippen molar-refractivity contribution < 1.29 is 4.74 Å². The highest BCUT2D eigenvalue weighted by Crippen LogP contribution is 2.09. The molecule has 0 saturated carbocycles. The Morgan fingerprint density at radius 2 is 2.25 bits per heavy atom. The summed E-state index contributed by atoms with van der Waals surface area (Å²) in [5.41, 5.74) is 1.06. The van der Waals surface area contributed by atoms with E-state index in [0.717, 1.165) is 37.9 Å². The number of anilines is 1. The third-order valence-corrected chi connectivity index (χ3v) is 2.38. The Morgan fingerprint density at radius 1 is 1.44 bits per heavy atom. The highest BCUT2D eigenvalue weighted by Gasteiger charge is 2.03. The molecule has 1 heterocycles. The standard InChI is InChI=1S/C12H23N3O/c1-4-6-8-15-10-11(3)14-12(15)13-7-9-16-5-2/h10H,4-9H2,1-3H3,(H,13,14). The summed E-state index contributed by atoms with van der Waals surface area (Å²) in [7, 11) is 0. The number of aryl methyl sites for hydroxylation is 2. The molecule has 0 fully saturated rings. The number of nitrogens with zero attached hydrogens (tertiary/aromatic N) is 2. The predicted octanol–water partition coefficient (Wildman–Crippen LogP) is 2.44. The normalized spacial score (nSPS) is 10.7. The van der Waals surface area contributed by atoms with Crippen molar-refractivity contribution in [2.75, 3.05) is 25.1 Å². The van der Waals surface area contributed by atoms with Crippen LogP contribution in [0.15, 0.2) is 6.20 Å². The number of rotatable bonds is 8. The Labute approximate surface area is 98.0 Å². The fraction of sp³-hybridized carbons (Fsp3) is 0.750. The quantitative estimate of drug-likeness (QED) is 0.691. The van der Waals surface area contributed by atoms with E-state index < -0.39 is 0 Å². The Balaban J connectivity index is 2.43. The van der Waals surface area contributed by atoms with Crippen molar-refractivity contribution in [1.29, 1.82) is 0 Å². The molecule has 0 saturated heterocycles. The summed E-state index contributed by atoms with van der Waals surface area (Å²) >= 11 is 0. The van der Waals surface area contributed by atoms with E-state index in [4.69, 9.17) is 4.74 Å². The van der Waals surface area contributed by atoms with Gasteiger partial charge in [-0.15, -0.1) is 0 Å². The summed E-state index contributed by atoms with van der Waals surface area (Å²) in [5.74, 6) is 0.964. The summed E-state index contributed by atoms with van der Waals surface area (Å²) in [6.45, 7) is 9.58. The van der Waals surface area contributed by atoms with Gasteiger partial charge in [-0.25, -0.2) is 4.98 Å². The number of unbranched alkanes of at least 4 members (excludes halogenated alkanes) is 1. The van der Waals surface area contributed by atoms with Gasteiger partial charge in [-0.1, -0.05) is 13.3 Å². The first-order valence-corrected chi connectivity index (χ1v) is 6.13. The van der Waals surface area contributed by atoms with Crippen molar-refractivity contribution >= 4 is 5.95 Å². The lowest BCUT2D eigenvalue weighted by Crippen LogP contribution is -2.13. The van der Waals surface area contributed by atoms with Gasteiger partial charge >= 0.3 is 0 Å². The summed E-state index contributed by atoms with van der Waals surface area (Å²) in [5, 5.41) is 3.30. The molecule has 4 heteroatoms. The molecule has 4 nitrogen and oxygen atoms in total. The Morgan fingerprint density at radius 3 is 2.94 bits per heavy atom. The lowest BCUT2D eigenvalue weighted by Gasteiger charge is -2.08. The van der Waals surface area contributed by atoms with Crippen LogP contribution in [0.5, 0.6) is 0 Å². The molecule has 1 rings (SSSR count). The smallest absolute Gasteiger partial charge is 0.203 e. The van der Waals surface area contributed by atoms with Crippen LogP contribution in [0.2, 0.25) is 0 Å². The van der Waals surface area contributed by atoms with Crippen molar-refractivity contribution in [1.82, 2.24) is 9.55 Å². The zero-order valence-electron chi connectivity index (χ0n) is 10.6. The van der Waals surface area contributed by atoms with Gasteiger partial charge in [0.1, 0.15) is 0 Å². The second kappa shape index (κ2) is 7.28. The largest absolute Gasteiger partial charge is 0.380 e. The SMILES string of the molecule is CCCCn1cc(C)nc1NCCOCC. The molecule has 1 aromatic heterocycles. The Kier molecular flexibility index (Phi) is 5.93. The van der Waals surface area contributed by atoms with Crippen molar-refractivity contribution in [2.45, 2.75) is 40.2 Å². The number of aromatic nitrogens is 2. The molecule has 0 spiro atoms. The molecule has 92 valence electrons. The topological polar surface area (TPSA) is 39.1 Å². The first kappa shape index (κ1) is 13.0. The van der Waals surface area contributed by atoms with Gasteiger partial charge in [0.15, 0.2) is 0 Å². The van der Waals surface area contributed by atoms with Gasteiger partial charge in [0.2, 0.25) is 5.95 Å². The minimum Gasteiger partial charge on any atom is -0.380 e. The number of nitrogens with one attached hydrogen (secondary N) is 1. The Bertz CT molecular complexity index is 296. The van der Waals surface area contributed by atoms with E-state index in [1.807, 2.05) is 13.8 Å². The molecule has 0 aromatic carbocycles. The minimum atomic E-state index is 0.732. The van der Waals surface area contributed by atoms with E-state index in [9.17, 15) is 0 Å². The second-order valence-electron chi connectivity index (χ2n) is 3.88. The highest BCUT2D eigenvalue weighted by atomic mass is 16.5. The van der Waals surface area contributed by atoms with E-state index in [-0.39, 0.29) is 0 Å². The molecule has 0 aliphatic heterocycles. The minimum absolute atomic E-state index is 0.732. The van der Waals surface area contributed by atoms with Gasteiger partial charge < -0.3 is 14.6 Å². The maximum atomic E-state index is 5.28. The van der Waals surface area contributed by atoms with Gasteiger partial charge in [0.05, 0.1) is 12.3 Å². The lowest BCUT2D eigenvalue weighted by atomic mass is 10.3. The van der Waals surface area contributed by atoms with Crippen LogP contribution < -0.4 is 5.32 Å². The molecule has 0 aliphatic rings. The Hall–Kier alpha value is -1.03. The fourth-order valence-corrected chi connectivity index (χ4v) is 1.57. The first-order chi connectivity index (χ1) is 7.77. The number of hydrogen-bond acceptors (Lipinski definition) is 3. The molecule has 0 aliphatic carbocycles. The average Bonchev–Trinajstić information content (AvgIpc) is 2.62. The molecule has 0 radical (unpaired) electrons. The van der Waals surface area contributed by atoms with Crippen LogP contribution in [0.1, 0.15) is 32.4 Å². The van der Waals surface area contributed by atoms with Crippen LogP contribution in [0.4, 0.5) is 5.95 Å². The van der Waals surface area contributed by atoms with Crippen molar-refractivity contribution in [3.63, 3.8) is 0 Å². The molecule has 0 unspecified atom stereocenters. The molecule has 0 atom stereocenters. The maximum absolute atomic E-state index is 5.28. The highest BCUT2D eigenvalue weighted by molar-refractivity contribution is 5.28. The van der Waals surface area contributed by atoms with Gasteiger partial charge in [-0.05, 0) is 20.3 Å². The van der Waals surface area contributed by atoms with Crippen molar-refractivity contribution in [3.05, 3.63) is 11.9 Å². The number of ether oxygens (including phenoxy) is 1. The van der Waals surface area contributed by atoms with E-state index in [1.165, 1.54) is 12.8 Å². The van der Waals surface area contributed by atoms with Crippen LogP contribution in [0.3, 0.4) is 0 Å². The number of imidazole rings is 1. The fourth-order valence-electron chi connectivity index (χ4n) is 1.57. The van der Waals surface area contributed by atoms with E-state index in [2.05, 4.69) is 28.0 Å². The lowest BCUT2D eigenvalue weighted by molar-refractivity contribution is 0.158. The third-order valence-electron chi connectivity index (χ3n) is 2.38. The molecule has 1 aromatic rings. The third kappa shape index (κ3) is 4.23. The zero-order valence-corrected chi connectivity index (χ0v) is 10.6.